The number of aromatic nitrogens is 1. The van der Waals surface area contributed by atoms with E-state index in [2.05, 4.69) is 15.8 Å². The molecule has 2 saturated heterocycles. The Balaban J connectivity index is 1.61. The van der Waals surface area contributed by atoms with Gasteiger partial charge in [-0.15, -0.1) is 0 Å². The highest BCUT2D eigenvalue weighted by molar-refractivity contribution is 6.11. The van der Waals surface area contributed by atoms with Crippen LogP contribution in [0.1, 0.15) is 39.0 Å². The molecule has 1 aromatic carbocycles. The second-order valence-corrected chi connectivity index (χ2v) is 10.9. The molecule has 5 rings (SSSR count). The minimum atomic E-state index is -1.29. The summed E-state index contributed by atoms with van der Waals surface area (Å²) in [4.78, 5) is 42.9. The van der Waals surface area contributed by atoms with Crippen molar-refractivity contribution < 1.29 is 23.6 Å². The van der Waals surface area contributed by atoms with Crippen molar-refractivity contribution in [2.75, 3.05) is 10.2 Å². The fraction of sp³-hybridized carbons (Fsp3) is 0.462. The maximum absolute atomic E-state index is 14.1. The van der Waals surface area contributed by atoms with E-state index in [9.17, 15) is 14.4 Å². The maximum atomic E-state index is 14.1. The van der Waals surface area contributed by atoms with Gasteiger partial charge >= 0.3 is 0 Å². The van der Waals surface area contributed by atoms with Crippen LogP contribution >= 0.6 is 0 Å². The van der Waals surface area contributed by atoms with E-state index in [0.29, 0.717) is 11.4 Å². The molecule has 184 valence electrons. The highest BCUT2D eigenvalue weighted by atomic mass is 16.5. The summed E-state index contributed by atoms with van der Waals surface area (Å²) in [5.74, 6) is -2.01. The summed E-state index contributed by atoms with van der Waals surface area (Å²) < 4.78 is 11.6. The van der Waals surface area contributed by atoms with Crippen molar-refractivity contribution in [2.24, 2.45) is 11.8 Å². The van der Waals surface area contributed by atoms with Crippen LogP contribution in [0, 0.1) is 25.7 Å². The monoisotopic (exact) mass is 478 g/mol. The molecule has 0 saturated carbocycles. The van der Waals surface area contributed by atoms with Crippen LogP contribution in [-0.4, -0.2) is 45.7 Å². The van der Waals surface area contributed by atoms with E-state index in [1.54, 1.807) is 32.1 Å². The van der Waals surface area contributed by atoms with E-state index in [4.69, 9.17) is 9.26 Å². The predicted molar refractivity (Wildman–Crippen MR) is 129 cm³/mol. The van der Waals surface area contributed by atoms with Crippen molar-refractivity contribution in [3.63, 3.8) is 0 Å². The molecule has 2 fully saturated rings. The second-order valence-electron chi connectivity index (χ2n) is 10.9. The SMILES string of the molecule is Cc1cc(NC(=O)C2C3C(=O)N(c4ccccc4C)C(C(=O)NC(C)(C)C)C34C=CC2(C)O4)no1. The Morgan fingerprint density at radius 2 is 1.83 bits per heavy atom. The van der Waals surface area contributed by atoms with Gasteiger partial charge < -0.3 is 19.9 Å². The van der Waals surface area contributed by atoms with Gasteiger partial charge in [0.2, 0.25) is 17.7 Å². The van der Waals surface area contributed by atoms with Gasteiger partial charge in [0.1, 0.15) is 17.4 Å². The Kier molecular flexibility index (Phi) is 5.00. The lowest BCUT2D eigenvalue weighted by molar-refractivity contribution is -0.131. The van der Waals surface area contributed by atoms with E-state index >= 15 is 0 Å². The minimum Gasteiger partial charge on any atom is -0.360 e. The zero-order valence-corrected chi connectivity index (χ0v) is 20.7. The number of hydrogen-bond acceptors (Lipinski definition) is 6. The summed E-state index contributed by atoms with van der Waals surface area (Å²) >= 11 is 0. The van der Waals surface area contributed by atoms with E-state index in [-0.39, 0.29) is 17.6 Å². The molecular weight excluding hydrogens is 448 g/mol. The molecule has 3 aliphatic heterocycles. The number of benzene rings is 1. The van der Waals surface area contributed by atoms with E-state index < -0.39 is 40.5 Å². The van der Waals surface area contributed by atoms with Gasteiger partial charge in [-0.25, -0.2) is 0 Å². The third-order valence-corrected chi connectivity index (χ3v) is 6.98. The first-order valence-electron chi connectivity index (χ1n) is 11.7. The molecule has 2 N–H and O–H groups in total. The minimum absolute atomic E-state index is 0.264. The zero-order valence-electron chi connectivity index (χ0n) is 20.7. The van der Waals surface area contributed by atoms with Gasteiger partial charge in [0.25, 0.3) is 0 Å². The van der Waals surface area contributed by atoms with Gasteiger partial charge in [-0.05, 0) is 53.2 Å². The van der Waals surface area contributed by atoms with Crippen LogP contribution in [0.4, 0.5) is 11.5 Å². The normalized spacial score (nSPS) is 31.1. The molecule has 5 unspecified atom stereocenters. The van der Waals surface area contributed by atoms with Crippen LogP contribution in [0.5, 0.6) is 0 Å². The van der Waals surface area contributed by atoms with Crippen LogP contribution in [0.15, 0.2) is 47.0 Å². The Morgan fingerprint density at radius 3 is 2.46 bits per heavy atom. The first-order chi connectivity index (χ1) is 16.4. The van der Waals surface area contributed by atoms with E-state index in [1.807, 2.05) is 52.0 Å². The highest BCUT2D eigenvalue weighted by Gasteiger charge is 2.76. The fourth-order valence-electron chi connectivity index (χ4n) is 5.69. The summed E-state index contributed by atoms with van der Waals surface area (Å²) in [6, 6.07) is 8.03. The van der Waals surface area contributed by atoms with Crippen molar-refractivity contribution in [1.29, 1.82) is 0 Å². The number of amides is 3. The zero-order chi connectivity index (χ0) is 25.3. The lowest BCUT2D eigenvalue weighted by Gasteiger charge is -2.35. The first kappa shape index (κ1) is 23.3. The number of rotatable bonds is 4. The molecule has 0 aliphatic carbocycles. The summed E-state index contributed by atoms with van der Waals surface area (Å²) in [7, 11) is 0. The van der Waals surface area contributed by atoms with Crippen LogP contribution in [0.2, 0.25) is 0 Å². The van der Waals surface area contributed by atoms with Crippen molar-refractivity contribution in [2.45, 2.75) is 64.3 Å². The van der Waals surface area contributed by atoms with Crippen LogP contribution in [0.3, 0.4) is 0 Å². The molecule has 9 heteroatoms. The summed E-state index contributed by atoms with van der Waals surface area (Å²) in [6.07, 6.45) is 3.60. The second kappa shape index (κ2) is 7.52. The lowest BCUT2D eigenvalue weighted by Crippen LogP contribution is -2.58. The van der Waals surface area contributed by atoms with Gasteiger partial charge in [0.05, 0.1) is 17.4 Å². The number of anilines is 2. The Bertz CT molecular complexity index is 1260. The molecule has 1 spiro atoms. The standard InChI is InChI=1S/C26H30N4O5/c1-14-9-7-8-10-16(14)30-20(22(32)28-24(3,4)5)26-12-11-25(6,35-26)18(19(26)23(30)33)21(31)27-17-13-15(2)34-29-17/h7-13,18-20H,1-6H3,(H,28,32)(H,27,29,31). The number of para-hydroxylation sites is 1. The number of nitrogens with one attached hydrogen (secondary N) is 2. The third kappa shape index (κ3) is 3.48. The predicted octanol–water partition coefficient (Wildman–Crippen LogP) is 2.89. The van der Waals surface area contributed by atoms with E-state index in [1.165, 1.54) is 4.90 Å². The Hall–Kier alpha value is -3.46. The summed E-state index contributed by atoms with van der Waals surface area (Å²) in [5.41, 5.74) is -1.41. The smallest absolute Gasteiger partial charge is 0.246 e. The molecule has 0 radical (unpaired) electrons. The van der Waals surface area contributed by atoms with Crippen molar-refractivity contribution in [3.8, 4) is 0 Å². The van der Waals surface area contributed by atoms with Crippen LogP contribution in [-0.2, 0) is 19.1 Å². The van der Waals surface area contributed by atoms with Crippen LogP contribution in [0.25, 0.3) is 0 Å². The number of carbonyl (C=O) groups excluding carboxylic acids is 3. The van der Waals surface area contributed by atoms with Gasteiger partial charge in [-0.2, -0.15) is 0 Å². The third-order valence-electron chi connectivity index (χ3n) is 6.98. The van der Waals surface area contributed by atoms with Gasteiger partial charge in [-0.3, -0.25) is 19.3 Å². The average Bonchev–Trinajstić information content (AvgIpc) is 3.44. The number of nitrogens with zero attached hydrogens (tertiary/aromatic N) is 2. The number of ether oxygens (including phenoxy) is 1. The Morgan fingerprint density at radius 1 is 1.11 bits per heavy atom. The molecule has 35 heavy (non-hydrogen) atoms. The number of carbonyl (C=O) groups is 3. The van der Waals surface area contributed by atoms with Gasteiger partial charge in [0, 0.05) is 17.3 Å². The molecule has 2 bridgehead atoms. The Labute approximate surface area is 203 Å². The van der Waals surface area contributed by atoms with Gasteiger partial charge in [0.15, 0.2) is 5.82 Å². The first-order valence-corrected chi connectivity index (χ1v) is 11.7. The topological polar surface area (TPSA) is 114 Å². The van der Waals surface area contributed by atoms with Crippen molar-refractivity contribution in [1.82, 2.24) is 10.5 Å². The lowest BCUT2D eigenvalue weighted by atomic mass is 9.70. The largest absolute Gasteiger partial charge is 0.360 e. The molecule has 3 aliphatic rings. The van der Waals surface area contributed by atoms with Crippen molar-refractivity contribution >= 4 is 29.2 Å². The number of fused-ring (bicyclic) bond motifs is 1. The van der Waals surface area contributed by atoms with Crippen molar-refractivity contribution in [3.05, 3.63) is 53.8 Å². The molecule has 1 aromatic heterocycles. The van der Waals surface area contributed by atoms with Gasteiger partial charge in [-0.1, -0.05) is 35.5 Å². The molecule has 2 aromatic rings. The molecule has 4 heterocycles. The summed E-state index contributed by atoms with van der Waals surface area (Å²) in [6.45, 7) is 11.0. The quantitative estimate of drug-likeness (QED) is 0.654. The fourth-order valence-corrected chi connectivity index (χ4v) is 5.69. The average molecular weight is 479 g/mol. The maximum Gasteiger partial charge on any atom is 0.246 e. The number of aryl methyl sites for hydroxylation is 2. The highest BCUT2D eigenvalue weighted by Crippen LogP contribution is 2.60. The molecule has 3 amide bonds. The summed E-state index contributed by atoms with van der Waals surface area (Å²) in [5, 5.41) is 9.63. The van der Waals surface area contributed by atoms with Crippen LogP contribution < -0.4 is 15.5 Å². The van der Waals surface area contributed by atoms with E-state index in [0.717, 1.165) is 5.56 Å². The molecule has 5 atom stereocenters. The number of hydrogen-bond donors (Lipinski definition) is 2. The molecule has 9 nitrogen and oxygen atoms in total. The molecular formula is C26H30N4O5.